The number of carbonyl (C=O) groups is 1. The van der Waals surface area contributed by atoms with E-state index in [1.807, 2.05) is 4.68 Å². The van der Waals surface area contributed by atoms with Gasteiger partial charge in [0.1, 0.15) is 6.33 Å². The molecule has 1 amide bonds. The van der Waals surface area contributed by atoms with Gasteiger partial charge in [-0.2, -0.15) is 0 Å². The number of fused-ring (bicyclic) bond motifs is 1. The van der Waals surface area contributed by atoms with E-state index in [0.717, 1.165) is 58.2 Å². The number of amides is 1. The highest BCUT2D eigenvalue weighted by atomic mass is 35.5. The molecule has 4 atom stereocenters. The van der Waals surface area contributed by atoms with Gasteiger partial charge in [0.15, 0.2) is 0 Å². The molecule has 1 aromatic rings. The summed E-state index contributed by atoms with van der Waals surface area (Å²) in [7, 11) is 0. The Balaban J connectivity index is 0.00000169. The molecule has 134 valence electrons. The monoisotopic (exact) mass is 355 g/mol. The van der Waals surface area contributed by atoms with Crippen LogP contribution in [0.3, 0.4) is 0 Å². The van der Waals surface area contributed by atoms with Gasteiger partial charge in [0.2, 0.25) is 5.82 Å². The molecular formula is C16H26ClN5O2. The average Bonchev–Trinajstić information content (AvgIpc) is 3.25. The fraction of sp³-hybridized carbons (Fsp3) is 0.812. The Bertz CT molecular complexity index is 560. The van der Waals surface area contributed by atoms with Crippen molar-refractivity contribution in [2.24, 2.45) is 5.92 Å². The normalized spacial score (nSPS) is 32.7. The fourth-order valence-corrected chi connectivity index (χ4v) is 4.20. The molecule has 2 saturated heterocycles. The maximum absolute atomic E-state index is 12.5. The summed E-state index contributed by atoms with van der Waals surface area (Å²) in [6.45, 7) is 2.78. The number of aromatic nitrogens is 3. The van der Waals surface area contributed by atoms with E-state index in [0.29, 0.717) is 18.1 Å². The third-order valence-corrected chi connectivity index (χ3v) is 5.45. The van der Waals surface area contributed by atoms with Gasteiger partial charge in [0.25, 0.3) is 5.91 Å². The molecule has 4 unspecified atom stereocenters. The summed E-state index contributed by atoms with van der Waals surface area (Å²) in [6.07, 6.45) is 8.55. The van der Waals surface area contributed by atoms with E-state index in [4.69, 9.17) is 4.74 Å². The van der Waals surface area contributed by atoms with E-state index >= 15 is 0 Å². The largest absolute Gasteiger partial charge is 0.378 e. The molecule has 1 aliphatic carbocycles. The van der Waals surface area contributed by atoms with E-state index in [1.54, 1.807) is 6.33 Å². The van der Waals surface area contributed by atoms with Gasteiger partial charge in [-0.1, -0.05) is 0 Å². The van der Waals surface area contributed by atoms with Crippen LogP contribution < -0.4 is 10.6 Å². The lowest BCUT2D eigenvalue weighted by Crippen LogP contribution is -2.46. The van der Waals surface area contributed by atoms with Crippen molar-refractivity contribution in [3.8, 4) is 0 Å². The first-order valence-electron chi connectivity index (χ1n) is 8.85. The zero-order valence-electron chi connectivity index (χ0n) is 13.8. The summed E-state index contributed by atoms with van der Waals surface area (Å²) in [4.78, 5) is 16.7. The van der Waals surface area contributed by atoms with Gasteiger partial charge in [-0.05, 0) is 45.1 Å². The lowest BCUT2D eigenvalue weighted by molar-refractivity contribution is 0.0508. The Kier molecular flexibility index (Phi) is 5.73. The van der Waals surface area contributed by atoms with Crippen LogP contribution in [-0.4, -0.2) is 52.5 Å². The van der Waals surface area contributed by atoms with E-state index in [2.05, 4.69) is 20.7 Å². The van der Waals surface area contributed by atoms with Gasteiger partial charge in [0.05, 0.1) is 12.1 Å². The highest BCUT2D eigenvalue weighted by molar-refractivity contribution is 5.90. The van der Waals surface area contributed by atoms with Crippen LogP contribution >= 0.6 is 12.4 Å². The summed E-state index contributed by atoms with van der Waals surface area (Å²) in [5.74, 6) is 0.596. The number of rotatable bonds is 3. The molecule has 0 bridgehead atoms. The molecule has 3 heterocycles. The highest BCUT2D eigenvalue weighted by Gasteiger charge is 2.38. The van der Waals surface area contributed by atoms with Crippen molar-refractivity contribution in [3.63, 3.8) is 0 Å². The van der Waals surface area contributed by atoms with Crippen LogP contribution in [0.25, 0.3) is 0 Å². The van der Waals surface area contributed by atoms with Gasteiger partial charge >= 0.3 is 0 Å². The van der Waals surface area contributed by atoms with Gasteiger partial charge < -0.3 is 15.4 Å². The SMILES string of the molecule is Cl.O=C(NC1CCCC2OCCC12)c1ncn(C2CCCNC2)n1. The van der Waals surface area contributed by atoms with Gasteiger partial charge in [0, 0.05) is 25.1 Å². The summed E-state index contributed by atoms with van der Waals surface area (Å²) in [5, 5.41) is 10.9. The molecule has 1 aromatic heterocycles. The number of ether oxygens (including phenoxy) is 1. The molecule has 24 heavy (non-hydrogen) atoms. The topological polar surface area (TPSA) is 81.1 Å². The maximum Gasteiger partial charge on any atom is 0.291 e. The molecule has 0 aromatic carbocycles. The van der Waals surface area contributed by atoms with Crippen molar-refractivity contribution in [2.75, 3.05) is 19.7 Å². The standard InChI is InChI=1S/C16H25N5O2.ClH/c22-16(19-13-4-1-5-14-12(13)6-8-23-14)15-18-10-21(20-15)11-3-2-7-17-9-11;/h10-14,17H,1-9H2,(H,19,22);1H. The van der Waals surface area contributed by atoms with E-state index in [1.165, 1.54) is 0 Å². The van der Waals surface area contributed by atoms with Crippen molar-refractivity contribution in [1.29, 1.82) is 0 Å². The molecule has 0 radical (unpaired) electrons. The predicted molar refractivity (Wildman–Crippen MR) is 91.4 cm³/mol. The zero-order chi connectivity index (χ0) is 15.6. The van der Waals surface area contributed by atoms with Crippen molar-refractivity contribution in [3.05, 3.63) is 12.2 Å². The van der Waals surface area contributed by atoms with Gasteiger partial charge in [-0.15, -0.1) is 17.5 Å². The van der Waals surface area contributed by atoms with Crippen molar-refractivity contribution < 1.29 is 9.53 Å². The third kappa shape index (κ3) is 3.58. The second-order valence-corrected chi connectivity index (χ2v) is 6.92. The van der Waals surface area contributed by atoms with Gasteiger partial charge in [-0.25, -0.2) is 9.67 Å². The highest BCUT2D eigenvalue weighted by Crippen LogP contribution is 2.34. The van der Waals surface area contributed by atoms with Crippen LogP contribution in [0.5, 0.6) is 0 Å². The molecule has 2 N–H and O–H groups in total. The summed E-state index contributed by atoms with van der Waals surface area (Å²) in [5.41, 5.74) is 0. The molecule has 2 aliphatic heterocycles. The molecule has 4 rings (SSSR count). The molecule has 8 heteroatoms. The molecule has 3 aliphatic rings. The number of hydrogen-bond acceptors (Lipinski definition) is 5. The quantitative estimate of drug-likeness (QED) is 0.854. The van der Waals surface area contributed by atoms with Crippen LogP contribution in [-0.2, 0) is 4.74 Å². The van der Waals surface area contributed by atoms with Crippen molar-refractivity contribution in [1.82, 2.24) is 25.4 Å². The number of nitrogens with one attached hydrogen (secondary N) is 2. The fourth-order valence-electron chi connectivity index (χ4n) is 4.20. The molecule has 0 spiro atoms. The van der Waals surface area contributed by atoms with E-state index in [9.17, 15) is 4.79 Å². The number of carbonyl (C=O) groups excluding carboxylic acids is 1. The first kappa shape index (κ1) is 17.6. The third-order valence-electron chi connectivity index (χ3n) is 5.45. The number of nitrogens with zero attached hydrogens (tertiary/aromatic N) is 3. The smallest absolute Gasteiger partial charge is 0.291 e. The second kappa shape index (κ2) is 7.80. The molecule has 1 saturated carbocycles. The van der Waals surface area contributed by atoms with Gasteiger partial charge in [-0.3, -0.25) is 4.79 Å². The predicted octanol–water partition coefficient (Wildman–Crippen LogP) is 1.31. The lowest BCUT2D eigenvalue weighted by Gasteiger charge is -2.32. The Labute approximate surface area is 148 Å². The minimum atomic E-state index is -0.148. The molecular weight excluding hydrogens is 330 g/mol. The van der Waals surface area contributed by atoms with E-state index < -0.39 is 0 Å². The maximum atomic E-state index is 12.5. The minimum absolute atomic E-state index is 0. The summed E-state index contributed by atoms with van der Waals surface area (Å²) >= 11 is 0. The van der Waals surface area contributed by atoms with E-state index in [-0.39, 0.29) is 30.2 Å². The Morgan fingerprint density at radius 1 is 1.29 bits per heavy atom. The summed E-state index contributed by atoms with van der Waals surface area (Å²) < 4.78 is 7.60. The van der Waals surface area contributed by atoms with Crippen molar-refractivity contribution in [2.45, 2.75) is 56.7 Å². The van der Waals surface area contributed by atoms with Crippen LogP contribution in [0.2, 0.25) is 0 Å². The Morgan fingerprint density at radius 2 is 2.21 bits per heavy atom. The first-order valence-corrected chi connectivity index (χ1v) is 8.85. The Morgan fingerprint density at radius 3 is 3.04 bits per heavy atom. The van der Waals surface area contributed by atoms with Crippen LogP contribution in [0.1, 0.15) is 55.2 Å². The van der Waals surface area contributed by atoms with Crippen LogP contribution in [0, 0.1) is 5.92 Å². The Hall–Kier alpha value is -1.18. The van der Waals surface area contributed by atoms with Crippen LogP contribution in [0.4, 0.5) is 0 Å². The zero-order valence-corrected chi connectivity index (χ0v) is 14.6. The number of piperidine rings is 1. The molecule has 7 nitrogen and oxygen atoms in total. The van der Waals surface area contributed by atoms with Crippen molar-refractivity contribution >= 4 is 18.3 Å². The number of halogens is 1. The second-order valence-electron chi connectivity index (χ2n) is 6.92. The first-order chi connectivity index (χ1) is 11.3. The average molecular weight is 356 g/mol. The van der Waals surface area contributed by atoms with Crippen LogP contribution in [0.15, 0.2) is 6.33 Å². The number of hydrogen-bond donors (Lipinski definition) is 2. The minimum Gasteiger partial charge on any atom is -0.378 e. The summed E-state index contributed by atoms with van der Waals surface area (Å²) in [6, 6.07) is 0.507. The lowest BCUT2D eigenvalue weighted by atomic mass is 9.82. The molecule has 3 fully saturated rings.